The van der Waals surface area contributed by atoms with Crippen molar-refractivity contribution in [1.82, 2.24) is 4.72 Å². The number of amides is 1. The number of carbonyl (C=O) groups excluding carboxylic acids is 1. The maximum absolute atomic E-state index is 13.2. The third-order valence-corrected chi connectivity index (χ3v) is 5.85. The normalized spacial score (nSPS) is 12.4. The molecule has 3 aromatic rings. The highest BCUT2D eigenvalue weighted by molar-refractivity contribution is 7.90. The molecule has 0 radical (unpaired) electrons. The largest absolute Gasteiger partial charge is 0.273 e. The number of hydrogen-bond donors (Lipinski definition) is 1. The average molecular weight is 418 g/mol. The highest BCUT2D eigenvalue weighted by Crippen LogP contribution is 2.23. The summed E-state index contributed by atoms with van der Waals surface area (Å²) in [5, 5.41) is 0.392. The maximum atomic E-state index is 13.2. The average Bonchev–Trinajstić information content (AvgIpc) is 2.68. The van der Waals surface area contributed by atoms with E-state index in [0.29, 0.717) is 16.1 Å². The molecule has 1 N–H and O–H groups in total. The Labute approximate surface area is 168 Å². The lowest BCUT2D eigenvalue weighted by Crippen LogP contribution is -2.35. The molecule has 0 heterocycles. The number of nitrogens with one attached hydrogen (secondary N) is 1. The van der Waals surface area contributed by atoms with Crippen molar-refractivity contribution in [2.24, 2.45) is 0 Å². The van der Waals surface area contributed by atoms with Gasteiger partial charge in [-0.05, 0) is 53.9 Å². The first-order valence-electron chi connectivity index (χ1n) is 8.47. The molecule has 1 atom stereocenters. The summed E-state index contributed by atoms with van der Waals surface area (Å²) < 4.78 is 40.4. The van der Waals surface area contributed by atoms with Gasteiger partial charge in [-0.1, -0.05) is 54.1 Å². The van der Waals surface area contributed by atoms with Gasteiger partial charge in [0.15, 0.2) is 0 Å². The Hall–Kier alpha value is -2.70. The fourth-order valence-corrected chi connectivity index (χ4v) is 3.93. The topological polar surface area (TPSA) is 63.2 Å². The van der Waals surface area contributed by atoms with Crippen molar-refractivity contribution in [3.05, 3.63) is 101 Å². The van der Waals surface area contributed by atoms with Crippen molar-refractivity contribution in [2.45, 2.75) is 17.2 Å². The molecule has 144 valence electrons. The number of rotatable bonds is 6. The van der Waals surface area contributed by atoms with Gasteiger partial charge < -0.3 is 0 Å². The lowest BCUT2D eigenvalue weighted by Gasteiger charge is -2.18. The monoisotopic (exact) mass is 417 g/mol. The summed E-state index contributed by atoms with van der Waals surface area (Å²) in [5.41, 5.74) is 1.38. The third kappa shape index (κ3) is 4.97. The van der Waals surface area contributed by atoms with Gasteiger partial charge in [0.05, 0.1) is 10.8 Å². The second-order valence-electron chi connectivity index (χ2n) is 6.22. The van der Waals surface area contributed by atoms with Gasteiger partial charge in [-0.3, -0.25) is 4.79 Å². The van der Waals surface area contributed by atoms with Crippen molar-refractivity contribution in [2.75, 3.05) is 0 Å². The van der Waals surface area contributed by atoms with Crippen LogP contribution in [-0.2, 0) is 21.2 Å². The Kier molecular flexibility index (Phi) is 6.11. The second-order valence-corrected chi connectivity index (χ2v) is 8.34. The van der Waals surface area contributed by atoms with E-state index in [1.807, 2.05) is 0 Å². The lowest BCUT2D eigenvalue weighted by atomic mass is 9.91. The van der Waals surface area contributed by atoms with Crippen LogP contribution in [0.25, 0.3) is 0 Å². The minimum absolute atomic E-state index is 0.0566. The molecular formula is C21H17ClFNO3S. The molecule has 0 bridgehead atoms. The van der Waals surface area contributed by atoms with Gasteiger partial charge in [0.2, 0.25) is 5.91 Å². The molecule has 7 heteroatoms. The standard InChI is InChI=1S/C21H17ClFNO3S/c22-17-8-12-19(13-9-17)28(26,27)24-21(25)20(16-4-2-1-3-5-16)14-15-6-10-18(23)11-7-15/h1-13,20H,14H2,(H,24,25)/t20-/m0/s1. The van der Waals surface area contributed by atoms with Crippen molar-refractivity contribution in [3.8, 4) is 0 Å². The predicted octanol–water partition coefficient (Wildman–Crippen LogP) is 4.31. The molecule has 0 spiro atoms. The summed E-state index contributed by atoms with van der Waals surface area (Å²) >= 11 is 5.79. The first kappa shape index (κ1) is 20.0. The van der Waals surface area contributed by atoms with Gasteiger partial charge in [-0.25, -0.2) is 17.5 Å². The Balaban J connectivity index is 1.88. The lowest BCUT2D eigenvalue weighted by molar-refractivity contribution is -0.120. The molecule has 0 saturated carbocycles. The van der Waals surface area contributed by atoms with Gasteiger partial charge in [-0.15, -0.1) is 0 Å². The first-order valence-corrected chi connectivity index (χ1v) is 10.3. The fraction of sp³-hybridized carbons (Fsp3) is 0.0952. The summed E-state index contributed by atoms with van der Waals surface area (Å²) in [7, 11) is -4.05. The molecule has 3 aromatic carbocycles. The van der Waals surface area contributed by atoms with Gasteiger partial charge >= 0.3 is 0 Å². The van der Waals surface area contributed by atoms with Crippen LogP contribution in [0, 0.1) is 5.82 Å². The van der Waals surface area contributed by atoms with E-state index >= 15 is 0 Å². The minimum Gasteiger partial charge on any atom is -0.273 e. The molecule has 0 aromatic heterocycles. The molecule has 0 aliphatic rings. The zero-order valence-electron chi connectivity index (χ0n) is 14.7. The van der Waals surface area contributed by atoms with Crippen molar-refractivity contribution >= 4 is 27.5 Å². The third-order valence-electron chi connectivity index (χ3n) is 4.23. The van der Waals surface area contributed by atoms with Crippen LogP contribution in [-0.4, -0.2) is 14.3 Å². The van der Waals surface area contributed by atoms with Crippen molar-refractivity contribution in [1.29, 1.82) is 0 Å². The van der Waals surface area contributed by atoms with E-state index < -0.39 is 21.8 Å². The van der Waals surface area contributed by atoms with Crippen LogP contribution >= 0.6 is 11.6 Å². The zero-order chi connectivity index (χ0) is 20.1. The van der Waals surface area contributed by atoms with Gasteiger partial charge in [0.1, 0.15) is 5.82 Å². The molecule has 0 fully saturated rings. The Morgan fingerprint density at radius 3 is 2.14 bits per heavy atom. The smallest absolute Gasteiger partial charge is 0.264 e. The van der Waals surface area contributed by atoms with E-state index in [2.05, 4.69) is 4.72 Å². The number of sulfonamides is 1. The Morgan fingerprint density at radius 2 is 1.54 bits per heavy atom. The van der Waals surface area contributed by atoms with Gasteiger partial charge in [0.25, 0.3) is 10.0 Å². The second kappa shape index (κ2) is 8.54. The van der Waals surface area contributed by atoms with E-state index in [1.165, 1.54) is 36.4 Å². The maximum Gasteiger partial charge on any atom is 0.264 e. The highest BCUT2D eigenvalue weighted by Gasteiger charge is 2.26. The van der Waals surface area contributed by atoms with E-state index in [-0.39, 0.29) is 17.1 Å². The summed E-state index contributed by atoms with van der Waals surface area (Å²) in [4.78, 5) is 12.8. The molecule has 3 rings (SSSR count). The number of carbonyl (C=O) groups is 1. The Morgan fingerprint density at radius 1 is 0.929 bits per heavy atom. The summed E-state index contributed by atoms with van der Waals surface area (Å²) in [5.74, 6) is -1.80. The van der Waals surface area contributed by atoms with Crippen LogP contribution in [0.1, 0.15) is 17.0 Å². The quantitative estimate of drug-likeness (QED) is 0.650. The minimum atomic E-state index is -4.05. The van der Waals surface area contributed by atoms with Crippen LogP contribution in [0.3, 0.4) is 0 Å². The molecular weight excluding hydrogens is 401 g/mol. The molecule has 4 nitrogen and oxygen atoms in total. The number of halogens is 2. The number of benzene rings is 3. The van der Waals surface area contributed by atoms with Crippen LogP contribution in [0.15, 0.2) is 83.8 Å². The van der Waals surface area contributed by atoms with Crippen molar-refractivity contribution in [3.63, 3.8) is 0 Å². The molecule has 0 aliphatic carbocycles. The van der Waals surface area contributed by atoms with Crippen LogP contribution in [0.4, 0.5) is 4.39 Å². The van der Waals surface area contributed by atoms with Crippen molar-refractivity contribution < 1.29 is 17.6 Å². The molecule has 0 aliphatic heterocycles. The van der Waals surface area contributed by atoms with Gasteiger partial charge in [0, 0.05) is 5.02 Å². The number of hydrogen-bond acceptors (Lipinski definition) is 3. The van der Waals surface area contributed by atoms with Crippen LogP contribution < -0.4 is 4.72 Å². The summed E-state index contributed by atoms with van der Waals surface area (Å²) in [6.45, 7) is 0. The fourth-order valence-electron chi connectivity index (χ4n) is 2.78. The highest BCUT2D eigenvalue weighted by atomic mass is 35.5. The van der Waals surface area contributed by atoms with E-state index in [1.54, 1.807) is 42.5 Å². The van der Waals surface area contributed by atoms with E-state index in [4.69, 9.17) is 11.6 Å². The SMILES string of the molecule is O=C(NS(=O)(=O)c1ccc(Cl)cc1)[C@@H](Cc1ccc(F)cc1)c1ccccc1. The van der Waals surface area contributed by atoms with Crippen LogP contribution in [0.5, 0.6) is 0 Å². The molecule has 1 amide bonds. The summed E-state index contributed by atoms with van der Waals surface area (Å²) in [6, 6.07) is 20.2. The van der Waals surface area contributed by atoms with Crippen LogP contribution in [0.2, 0.25) is 5.02 Å². The molecule has 0 saturated heterocycles. The zero-order valence-corrected chi connectivity index (χ0v) is 16.3. The molecule has 0 unspecified atom stereocenters. The first-order chi connectivity index (χ1) is 13.3. The predicted molar refractivity (Wildman–Crippen MR) is 106 cm³/mol. The van der Waals surface area contributed by atoms with E-state index in [9.17, 15) is 17.6 Å². The Bertz CT molecular complexity index is 1050. The van der Waals surface area contributed by atoms with Gasteiger partial charge in [-0.2, -0.15) is 0 Å². The van der Waals surface area contributed by atoms with E-state index in [0.717, 1.165) is 0 Å². The molecule has 28 heavy (non-hydrogen) atoms. The summed E-state index contributed by atoms with van der Waals surface area (Å²) in [6.07, 6.45) is 0.228.